The summed E-state index contributed by atoms with van der Waals surface area (Å²) in [7, 11) is 3.20. The van der Waals surface area contributed by atoms with Crippen molar-refractivity contribution in [3.05, 3.63) is 35.4 Å². The summed E-state index contributed by atoms with van der Waals surface area (Å²) in [5.41, 5.74) is 0.689. The fourth-order valence-corrected chi connectivity index (χ4v) is 2.12. The molecule has 0 atom stereocenters. The lowest BCUT2D eigenvalue weighted by atomic mass is 10.0. The second kappa shape index (κ2) is 9.92. The number of ether oxygens (including phenoxy) is 2. The number of benzene rings is 1. The monoisotopic (exact) mass is 309 g/mol. The van der Waals surface area contributed by atoms with Crippen molar-refractivity contribution in [3.63, 3.8) is 0 Å². The van der Waals surface area contributed by atoms with Crippen molar-refractivity contribution in [1.82, 2.24) is 4.90 Å². The molecule has 1 amide bonds. The normalized spacial score (nSPS) is 10.5. The van der Waals surface area contributed by atoms with Crippen LogP contribution in [0.1, 0.15) is 22.3 Å². The van der Waals surface area contributed by atoms with E-state index in [-0.39, 0.29) is 17.9 Å². The van der Waals surface area contributed by atoms with E-state index in [1.54, 1.807) is 37.3 Å². The molecule has 0 spiro atoms. The van der Waals surface area contributed by atoms with Crippen molar-refractivity contribution in [3.8, 4) is 0 Å². The van der Waals surface area contributed by atoms with Gasteiger partial charge in [-0.3, -0.25) is 4.79 Å². The molecule has 22 heavy (non-hydrogen) atoms. The molecule has 0 aromatic heterocycles. The molecule has 1 N–H and O–H groups in total. The van der Waals surface area contributed by atoms with E-state index in [9.17, 15) is 14.7 Å². The molecule has 1 aromatic rings. The van der Waals surface area contributed by atoms with E-state index >= 15 is 0 Å². The maximum absolute atomic E-state index is 12.4. The maximum atomic E-state index is 12.4. The summed E-state index contributed by atoms with van der Waals surface area (Å²) in [6, 6.07) is 6.57. The molecule has 6 heteroatoms. The van der Waals surface area contributed by atoms with Crippen LogP contribution in [0.15, 0.2) is 24.3 Å². The predicted octanol–water partition coefficient (Wildman–Crippen LogP) is 1.44. The number of carboxylic acids is 1. The van der Waals surface area contributed by atoms with Gasteiger partial charge in [0.15, 0.2) is 0 Å². The first-order chi connectivity index (χ1) is 10.6. The summed E-state index contributed by atoms with van der Waals surface area (Å²) in [6.45, 7) is 2.06. The van der Waals surface area contributed by atoms with E-state index in [0.717, 1.165) is 6.42 Å². The SMILES string of the molecule is COCCCN(CCOC)C(=O)Cc1ccccc1C(=O)O. The van der Waals surface area contributed by atoms with Crippen molar-refractivity contribution in [2.24, 2.45) is 0 Å². The van der Waals surface area contributed by atoms with Gasteiger partial charge in [-0.05, 0) is 18.1 Å². The fourth-order valence-electron chi connectivity index (χ4n) is 2.12. The number of carbonyl (C=O) groups excluding carboxylic acids is 1. The number of carbonyl (C=O) groups is 2. The third-order valence-electron chi connectivity index (χ3n) is 3.28. The van der Waals surface area contributed by atoms with Crippen LogP contribution in [0.25, 0.3) is 0 Å². The average molecular weight is 309 g/mol. The lowest BCUT2D eigenvalue weighted by molar-refractivity contribution is -0.131. The van der Waals surface area contributed by atoms with E-state index in [4.69, 9.17) is 9.47 Å². The molecule has 0 heterocycles. The molecule has 0 unspecified atom stereocenters. The van der Waals surface area contributed by atoms with Gasteiger partial charge in [0.25, 0.3) is 0 Å². The molecular formula is C16H23NO5. The Bertz CT molecular complexity index is 489. The summed E-state index contributed by atoms with van der Waals surface area (Å²) >= 11 is 0. The maximum Gasteiger partial charge on any atom is 0.335 e. The van der Waals surface area contributed by atoms with Crippen LogP contribution in [0.5, 0.6) is 0 Å². The van der Waals surface area contributed by atoms with Crippen LogP contribution in [0.4, 0.5) is 0 Å². The van der Waals surface area contributed by atoms with Crippen LogP contribution in [0, 0.1) is 0 Å². The van der Waals surface area contributed by atoms with Crippen LogP contribution < -0.4 is 0 Å². The van der Waals surface area contributed by atoms with Gasteiger partial charge in [-0.25, -0.2) is 4.79 Å². The van der Waals surface area contributed by atoms with E-state index < -0.39 is 5.97 Å². The van der Waals surface area contributed by atoms with Gasteiger partial charge in [0, 0.05) is 33.9 Å². The molecule has 0 aliphatic rings. The van der Waals surface area contributed by atoms with Gasteiger partial charge in [-0.15, -0.1) is 0 Å². The molecule has 0 saturated heterocycles. The van der Waals surface area contributed by atoms with Crippen LogP contribution in [0.3, 0.4) is 0 Å². The smallest absolute Gasteiger partial charge is 0.335 e. The van der Waals surface area contributed by atoms with E-state index in [1.807, 2.05) is 0 Å². The van der Waals surface area contributed by atoms with Crippen LogP contribution in [-0.4, -0.2) is 62.4 Å². The van der Waals surface area contributed by atoms with Gasteiger partial charge >= 0.3 is 5.97 Å². The van der Waals surface area contributed by atoms with Crippen LogP contribution >= 0.6 is 0 Å². The Morgan fingerprint density at radius 1 is 1.09 bits per heavy atom. The zero-order valence-electron chi connectivity index (χ0n) is 13.1. The number of methoxy groups -OCH3 is 2. The van der Waals surface area contributed by atoms with Gasteiger partial charge in [0.2, 0.25) is 5.91 Å². The molecule has 0 bridgehead atoms. The highest BCUT2D eigenvalue weighted by Crippen LogP contribution is 2.11. The minimum absolute atomic E-state index is 0.0686. The quantitative estimate of drug-likeness (QED) is 0.662. The molecule has 0 aliphatic heterocycles. The molecule has 0 radical (unpaired) electrons. The fraction of sp³-hybridized carbons (Fsp3) is 0.500. The zero-order valence-corrected chi connectivity index (χ0v) is 13.1. The van der Waals surface area contributed by atoms with E-state index in [0.29, 0.717) is 31.9 Å². The molecular weight excluding hydrogens is 286 g/mol. The standard InChI is InChI=1S/C16H23NO5/c1-21-10-5-8-17(9-11-22-2)15(18)12-13-6-3-4-7-14(13)16(19)20/h3-4,6-7H,5,8-12H2,1-2H3,(H,19,20). The number of hydrogen-bond donors (Lipinski definition) is 1. The van der Waals surface area contributed by atoms with E-state index in [1.165, 1.54) is 6.07 Å². The second-order valence-corrected chi connectivity index (χ2v) is 4.86. The minimum Gasteiger partial charge on any atom is -0.478 e. The largest absolute Gasteiger partial charge is 0.478 e. The molecule has 0 fully saturated rings. The van der Waals surface area contributed by atoms with Gasteiger partial charge in [-0.1, -0.05) is 18.2 Å². The van der Waals surface area contributed by atoms with E-state index in [2.05, 4.69) is 0 Å². The van der Waals surface area contributed by atoms with Crippen molar-refractivity contribution in [2.45, 2.75) is 12.8 Å². The lowest BCUT2D eigenvalue weighted by Crippen LogP contribution is -2.36. The Kier molecular flexibility index (Phi) is 8.17. The number of amides is 1. The highest BCUT2D eigenvalue weighted by molar-refractivity contribution is 5.91. The van der Waals surface area contributed by atoms with Gasteiger partial charge in [0.1, 0.15) is 0 Å². The topological polar surface area (TPSA) is 76.1 Å². The molecule has 6 nitrogen and oxygen atoms in total. The third-order valence-corrected chi connectivity index (χ3v) is 3.28. The number of hydrogen-bond acceptors (Lipinski definition) is 4. The Balaban J connectivity index is 2.74. The number of aromatic carboxylic acids is 1. The van der Waals surface area contributed by atoms with Crippen LogP contribution in [0.2, 0.25) is 0 Å². The highest BCUT2D eigenvalue weighted by atomic mass is 16.5. The predicted molar refractivity (Wildman–Crippen MR) is 82.1 cm³/mol. The lowest BCUT2D eigenvalue weighted by Gasteiger charge is -2.22. The molecule has 1 aromatic carbocycles. The number of rotatable bonds is 10. The van der Waals surface area contributed by atoms with Gasteiger partial charge in [0.05, 0.1) is 18.6 Å². The van der Waals surface area contributed by atoms with Crippen LogP contribution in [-0.2, 0) is 20.7 Å². The zero-order chi connectivity index (χ0) is 16.4. The molecule has 0 aliphatic carbocycles. The van der Waals surface area contributed by atoms with Crippen molar-refractivity contribution < 1.29 is 24.2 Å². The van der Waals surface area contributed by atoms with Crippen molar-refractivity contribution >= 4 is 11.9 Å². The third kappa shape index (κ3) is 5.83. The first-order valence-corrected chi connectivity index (χ1v) is 7.17. The summed E-state index contributed by atoms with van der Waals surface area (Å²) < 4.78 is 10.0. The highest BCUT2D eigenvalue weighted by Gasteiger charge is 2.17. The van der Waals surface area contributed by atoms with Crippen molar-refractivity contribution in [2.75, 3.05) is 40.5 Å². The summed E-state index contributed by atoms with van der Waals surface area (Å²) in [6.07, 6.45) is 0.797. The summed E-state index contributed by atoms with van der Waals surface area (Å²) in [5, 5.41) is 9.17. The van der Waals surface area contributed by atoms with Gasteiger partial charge < -0.3 is 19.5 Å². The molecule has 122 valence electrons. The minimum atomic E-state index is -1.02. The Hall–Kier alpha value is -1.92. The number of nitrogens with zero attached hydrogens (tertiary/aromatic N) is 1. The summed E-state index contributed by atoms with van der Waals surface area (Å²) in [4.78, 5) is 25.3. The summed E-state index contributed by atoms with van der Waals surface area (Å²) in [5.74, 6) is -1.13. The average Bonchev–Trinajstić information content (AvgIpc) is 2.51. The Morgan fingerprint density at radius 2 is 1.77 bits per heavy atom. The van der Waals surface area contributed by atoms with Crippen molar-refractivity contribution in [1.29, 1.82) is 0 Å². The first kappa shape index (κ1) is 18.1. The first-order valence-electron chi connectivity index (χ1n) is 7.17. The van der Waals surface area contributed by atoms with Gasteiger partial charge in [-0.2, -0.15) is 0 Å². The molecule has 0 saturated carbocycles. The Morgan fingerprint density at radius 3 is 2.41 bits per heavy atom. The molecule has 1 rings (SSSR count). The Labute approximate surface area is 130 Å². The number of carboxylic acid groups (broad SMARTS) is 1. The second-order valence-electron chi connectivity index (χ2n) is 4.86.